The summed E-state index contributed by atoms with van der Waals surface area (Å²) in [6.07, 6.45) is 3.15. The number of amides is 1. The Bertz CT molecular complexity index is 835. The molecule has 3 atom stereocenters. The molecular formula is C18H27N3O5S. The molecule has 1 unspecified atom stereocenters. The summed E-state index contributed by atoms with van der Waals surface area (Å²) in [6.45, 7) is 6.40. The van der Waals surface area contributed by atoms with E-state index in [1.54, 1.807) is 25.1 Å². The number of rotatable bonds is 3. The van der Waals surface area contributed by atoms with Gasteiger partial charge in [-0.3, -0.25) is 4.79 Å². The number of nitrogens with zero attached hydrogens (tertiary/aromatic N) is 3. The Kier molecular flexibility index (Phi) is 4.59. The Balaban J connectivity index is 1.55. The maximum Gasteiger partial charge on any atom is 0.292 e. The number of carbonyl (C=O) groups excluding carboxylic acids is 1. The lowest BCUT2D eigenvalue weighted by atomic mass is 9.84. The maximum absolute atomic E-state index is 13.1. The molecule has 0 aromatic carbocycles. The van der Waals surface area contributed by atoms with Crippen LogP contribution in [0, 0.1) is 13.8 Å². The first-order valence-corrected chi connectivity index (χ1v) is 11.2. The van der Waals surface area contributed by atoms with Gasteiger partial charge < -0.3 is 14.1 Å². The molecule has 150 valence electrons. The topological polar surface area (TPSA) is 93.0 Å². The van der Waals surface area contributed by atoms with Crippen molar-refractivity contribution in [2.24, 2.45) is 0 Å². The second-order valence-electron chi connectivity index (χ2n) is 7.92. The summed E-state index contributed by atoms with van der Waals surface area (Å²) in [4.78, 5) is 19.2. The van der Waals surface area contributed by atoms with Crippen molar-refractivity contribution in [1.82, 2.24) is 14.2 Å². The maximum atomic E-state index is 13.1. The molecule has 3 fully saturated rings. The molecular weight excluding hydrogens is 370 g/mol. The van der Waals surface area contributed by atoms with Crippen LogP contribution in [0.3, 0.4) is 0 Å². The molecule has 0 N–H and O–H groups in total. The van der Waals surface area contributed by atoms with Crippen LogP contribution in [0.4, 0.5) is 0 Å². The third kappa shape index (κ3) is 3.19. The highest BCUT2D eigenvalue weighted by atomic mass is 32.2. The fourth-order valence-electron chi connectivity index (χ4n) is 4.96. The average Bonchev–Trinajstić information content (AvgIpc) is 3.11. The number of morpholine rings is 1. The normalized spacial score (nSPS) is 31.6. The van der Waals surface area contributed by atoms with Crippen LogP contribution in [0.5, 0.6) is 0 Å². The first kappa shape index (κ1) is 18.9. The molecule has 4 rings (SSSR count). The molecule has 1 spiro atoms. The standard InChI is InChI=1S/C18H27N3O5S/c1-4-27(23,24)20-7-8-25-18(11-20)9-14-5-6-15(10-18)21(14)17(22)16-12(2)19-13(3)26-16/h14-15H,4-11H2,1-3H3/t14-,15+,18?. The van der Waals surface area contributed by atoms with Crippen molar-refractivity contribution >= 4 is 15.9 Å². The van der Waals surface area contributed by atoms with E-state index in [-0.39, 0.29) is 23.7 Å². The van der Waals surface area contributed by atoms with E-state index in [4.69, 9.17) is 9.15 Å². The summed E-state index contributed by atoms with van der Waals surface area (Å²) in [5, 5.41) is 0. The molecule has 2 bridgehead atoms. The number of hydrogen-bond donors (Lipinski definition) is 0. The smallest absolute Gasteiger partial charge is 0.292 e. The second kappa shape index (κ2) is 6.56. The molecule has 1 amide bonds. The highest BCUT2D eigenvalue weighted by Gasteiger charge is 2.53. The van der Waals surface area contributed by atoms with Gasteiger partial charge in [0.05, 0.1) is 23.7 Å². The first-order chi connectivity index (χ1) is 12.7. The Morgan fingerprint density at radius 3 is 2.48 bits per heavy atom. The molecule has 27 heavy (non-hydrogen) atoms. The predicted molar refractivity (Wildman–Crippen MR) is 97.9 cm³/mol. The molecule has 1 aromatic heterocycles. The highest BCUT2D eigenvalue weighted by molar-refractivity contribution is 7.89. The summed E-state index contributed by atoms with van der Waals surface area (Å²) in [5.74, 6) is 0.808. The van der Waals surface area contributed by atoms with Gasteiger partial charge in [0.1, 0.15) is 0 Å². The van der Waals surface area contributed by atoms with E-state index in [2.05, 4.69) is 4.98 Å². The van der Waals surface area contributed by atoms with E-state index in [1.165, 1.54) is 0 Å². The van der Waals surface area contributed by atoms with Crippen LogP contribution in [-0.2, 0) is 14.8 Å². The second-order valence-corrected chi connectivity index (χ2v) is 10.2. The van der Waals surface area contributed by atoms with Gasteiger partial charge in [-0.25, -0.2) is 13.4 Å². The minimum absolute atomic E-state index is 0.0466. The Hall–Kier alpha value is -1.45. The molecule has 4 heterocycles. The molecule has 9 heteroatoms. The zero-order valence-electron chi connectivity index (χ0n) is 16.1. The number of ether oxygens (including phenoxy) is 1. The van der Waals surface area contributed by atoms with Crippen LogP contribution < -0.4 is 0 Å². The van der Waals surface area contributed by atoms with Crippen LogP contribution in [0.2, 0.25) is 0 Å². The fourth-order valence-corrected chi connectivity index (χ4v) is 6.11. The third-order valence-electron chi connectivity index (χ3n) is 6.14. The number of piperidine rings is 1. The SMILES string of the molecule is CCS(=O)(=O)N1CCOC2(C[C@H]3CC[C@@H](C2)N3C(=O)c2oc(C)nc2C)C1. The first-order valence-electron chi connectivity index (χ1n) is 9.63. The predicted octanol–water partition coefficient (Wildman–Crippen LogP) is 1.48. The molecule has 8 nitrogen and oxygen atoms in total. The van der Waals surface area contributed by atoms with Gasteiger partial charge in [0, 0.05) is 32.1 Å². The van der Waals surface area contributed by atoms with Crippen molar-refractivity contribution < 1.29 is 22.4 Å². The van der Waals surface area contributed by atoms with E-state index in [1.807, 2.05) is 4.90 Å². The molecule has 0 radical (unpaired) electrons. The lowest BCUT2D eigenvalue weighted by Gasteiger charge is -2.49. The summed E-state index contributed by atoms with van der Waals surface area (Å²) in [6, 6.07) is 0.0932. The molecule has 1 aromatic rings. The van der Waals surface area contributed by atoms with Gasteiger partial charge in [0.25, 0.3) is 5.91 Å². The number of oxazole rings is 1. The average molecular weight is 397 g/mol. The van der Waals surface area contributed by atoms with Gasteiger partial charge in [-0.15, -0.1) is 0 Å². The van der Waals surface area contributed by atoms with Gasteiger partial charge >= 0.3 is 0 Å². The minimum Gasteiger partial charge on any atom is -0.436 e. The number of carbonyl (C=O) groups is 1. The zero-order valence-corrected chi connectivity index (χ0v) is 16.9. The number of aromatic nitrogens is 1. The zero-order chi connectivity index (χ0) is 19.4. The summed E-state index contributed by atoms with van der Waals surface area (Å²) >= 11 is 0. The molecule has 0 saturated carbocycles. The van der Waals surface area contributed by atoms with Gasteiger partial charge in [-0.05, 0) is 39.5 Å². The van der Waals surface area contributed by atoms with Gasteiger partial charge in [-0.1, -0.05) is 0 Å². The van der Waals surface area contributed by atoms with E-state index in [0.29, 0.717) is 49.9 Å². The quantitative estimate of drug-likeness (QED) is 0.767. The Morgan fingerprint density at radius 1 is 1.26 bits per heavy atom. The molecule has 3 aliphatic heterocycles. The van der Waals surface area contributed by atoms with E-state index >= 15 is 0 Å². The highest BCUT2D eigenvalue weighted by Crippen LogP contribution is 2.45. The third-order valence-corrected chi connectivity index (χ3v) is 7.97. The van der Waals surface area contributed by atoms with E-state index in [0.717, 1.165) is 12.8 Å². The van der Waals surface area contributed by atoms with Crippen LogP contribution in [0.15, 0.2) is 4.42 Å². The summed E-state index contributed by atoms with van der Waals surface area (Å²) in [7, 11) is -3.24. The number of fused-ring (bicyclic) bond motifs is 2. The van der Waals surface area contributed by atoms with Crippen molar-refractivity contribution in [3.05, 3.63) is 17.3 Å². The minimum atomic E-state index is -3.24. The van der Waals surface area contributed by atoms with Crippen LogP contribution >= 0.6 is 0 Å². The largest absolute Gasteiger partial charge is 0.436 e. The Morgan fingerprint density at radius 2 is 1.93 bits per heavy atom. The van der Waals surface area contributed by atoms with E-state index in [9.17, 15) is 13.2 Å². The van der Waals surface area contributed by atoms with E-state index < -0.39 is 15.6 Å². The van der Waals surface area contributed by atoms with Crippen LogP contribution in [0.25, 0.3) is 0 Å². The van der Waals surface area contributed by atoms with Crippen molar-refractivity contribution in [2.75, 3.05) is 25.4 Å². The van der Waals surface area contributed by atoms with Crippen LogP contribution in [-0.4, -0.2) is 71.6 Å². The lowest BCUT2D eigenvalue weighted by molar-refractivity contribution is -0.129. The van der Waals surface area contributed by atoms with Crippen molar-refractivity contribution in [3.8, 4) is 0 Å². The number of sulfonamides is 1. The monoisotopic (exact) mass is 397 g/mol. The van der Waals surface area contributed by atoms with Gasteiger partial charge in [0.2, 0.25) is 15.8 Å². The van der Waals surface area contributed by atoms with Crippen molar-refractivity contribution in [2.45, 2.75) is 64.1 Å². The van der Waals surface area contributed by atoms with Gasteiger partial charge in [0.15, 0.2) is 5.89 Å². The van der Waals surface area contributed by atoms with Crippen molar-refractivity contribution in [3.63, 3.8) is 0 Å². The summed E-state index contributed by atoms with van der Waals surface area (Å²) < 4.78 is 37.9. The number of hydrogen-bond acceptors (Lipinski definition) is 6. The Labute approximate surface area is 159 Å². The molecule has 3 aliphatic rings. The fraction of sp³-hybridized carbons (Fsp3) is 0.778. The van der Waals surface area contributed by atoms with Crippen LogP contribution in [0.1, 0.15) is 54.7 Å². The molecule has 3 saturated heterocycles. The number of aryl methyl sites for hydroxylation is 2. The van der Waals surface area contributed by atoms with Gasteiger partial charge in [-0.2, -0.15) is 4.31 Å². The molecule has 0 aliphatic carbocycles. The lowest BCUT2D eigenvalue weighted by Crippen LogP contribution is -2.61. The van der Waals surface area contributed by atoms with Crippen molar-refractivity contribution in [1.29, 1.82) is 0 Å². The summed E-state index contributed by atoms with van der Waals surface area (Å²) in [5.41, 5.74) is 0.126.